The first-order chi connectivity index (χ1) is 8.49. The lowest BCUT2D eigenvalue weighted by atomic mass is 9.99. The summed E-state index contributed by atoms with van der Waals surface area (Å²) in [6, 6.07) is 8.81. The van der Waals surface area contributed by atoms with E-state index in [2.05, 4.69) is 0 Å². The topological polar surface area (TPSA) is 33.0 Å². The number of fused-ring (bicyclic) bond motifs is 1. The van der Waals surface area contributed by atoms with Gasteiger partial charge in [0.05, 0.1) is 18.7 Å². The number of methoxy groups -OCH3 is 1. The molecule has 0 aliphatic carbocycles. The van der Waals surface area contributed by atoms with Crippen LogP contribution < -0.4 is 4.74 Å². The standard InChI is InChI=1S/C13H8F3NO/c1-18-11-6-5-9-8(7-17)3-2-4-10(9)12(11)13(14,15)16/h2-6H,1H3. The summed E-state index contributed by atoms with van der Waals surface area (Å²) in [7, 11) is 1.19. The van der Waals surface area contributed by atoms with E-state index in [0.717, 1.165) is 0 Å². The van der Waals surface area contributed by atoms with Crippen LogP contribution in [0.5, 0.6) is 5.75 Å². The van der Waals surface area contributed by atoms with Crippen molar-refractivity contribution in [2.24, 2.45) is 0 Å². The molecule has 0 aliphatic heterocycles. The number of alkyl halides is 3. The summed E-state index contributed by atoms with van der Waals surface area (Å²) < 4.78 is 43.9. The molecule has 0 bridgehead atoms. The fourth-order valence-corrected chi connectivity index (χ4v) is 1.90. The van der Waals surface area contributed by atoms with Gasteiger partial charge in [0, 0.05) is 5.39 Å². The molecule has 92 valence electrons. The fraction of sp³-hybridized carbons (Fsp3) is 0.154. The van der Waals surface area contributed by atoms with Crippen LogP contribution in [0.2, 0.25) is 0 Å². The number of rotatable bonds is 1. The van der Waals surface area contributed by atoms with Gasteiger partial charge in [-0.25, -0.2) is 0 Å². The van der Waals surface area contributed by atoms with Crippen LogP contribution in [0.25, 0.3) is 10.8 Å². The van der Waals surface area contributed by atoms with Crippen LogP contribution in [-0.4, -0.2) is 7.11 Å². The van der Waals surface area contributed by atoms with E-state index in [0.29, 0.717) is 0 Å². The predicted octanol–water partition coefficient (Wildman–Crippen LogP) is 3.74. The Kier molecular flexibility index (Phi) is 2.87. The lowest BCUT2D eigenvalue weighted by molar-refractivity contribution is -0.137. The monoisotopic (exact) mass is 251 g/mol. The summed E-state index contributed by atoms with van der Waals surface area (Å²) in [5.74, 6) is -0.245. The highest BCUT2D eigenvalue weighted by molar-refractivity contribution is 5.92. The van der Waals surface area contributed by atoms with Crippen molar-refractivity contribution in [2.75, 3.05) is 7.11 Å². The molecule has 0 heterocycles. The average Bonchev–Trinajstić information content (AvgIpc) is 2.35. The van der Waals surface area contributed by atoms with E-state index in [1.165, 1.54) is 37.4 Å². The zero-order valence-corrected chi connectivity index (χ0v) is 9.38. The van der Waals surface area contributed by atoms with Gasteiger partial charge < -0.3 is 4.74 Å². The van der Waals surface area contributed by atoms with E-state index in [1.54, 1.807) is 0 Å². The SMILES string of the molecule is COc1ccc2c(C#N)cccc2c1C(F)(F)F. The third-order valence-corrected chi connectivity index (χ3v) is 2.65. The molecule has 0 saturated carbocycles. The smallest absolute Gasteiger partial charge is 0.420 e. The summed E-state index contributed by atoms with van der Waals surface area (Å²) >= 11 is 0. The molecule has 2 aromatic rings. The highest BCUT2D eigenvalue weighted by atomic mass is 19.4. The molecule has 18 heavy (non-hydrogen) atoms. The molecule has 0 radical (unpaired) electrons. The van der Waals surface area contributed by atoms with Gasteiger partial charge in [-0.3, -0.25) is 0 Å². The highest BCUT2D eigenvalue weighted by Gasteiger charge is 2.36. The zero-order chi connectivity index (χ0) is 13.3. The largest absolute Gasteiger partial charge is 0.496 e. The molecule has 0 aliphatic rings. The van der Waals surface area contributed by atoms with Crippen molar-refractivity contribution in [3.63, 3.8) is 0 Å². The number of halogens is 3. The molecule has 0 spiro atoms. The molecule has 2 aromatic carbocycles. The van der Waals surface area contributed by atoms with Gasteiger partial charge in [0.25, 0.3) is 0 Å². The third-order valence-electron chi connectivity index (χ3n) is 2.65. The number of hydrogen-bond donors (Lipinski definition) is 0. The minimum atomic E-state index is -4.53. The van der Waals surface area contributed by atoms with Crippen LogP contribution in [-0.2, 0) is 6.18 Å². The Balaban J connectivity index is 2.92. The summed E-state index contributed by atoms with van der Waals surface area (Å²) in [6.45, 7) is 0. The minimum Gasteiger partial charge on any atom is -0.496 e. The normalized spacial score (nSPS) is 11.3. The van der Waals surface area contributed by atoms with Crippen LogP contribution in [0.1, 0.15) is 11.1 Å². The van der Waals surface area contributed by atoms with E-state index in [9.17, 15) is 13.2 Å². The van der Waals surface area contributed by atoms with E-state index in [1.807, 2.05) is 6.07 Å². The second-order valence-electron chi connectivity index (χ2n) is 3.65. The van der Waals surface area contributed by atoms with Gasteiger partial charge in [0.1, 0.15) is 11.3 Å². The van der Waals surface area contributed by atoms with Gasteiger partial charge in [-0.1, -0.05) is 12.1 Å². The fourth-order valence-electron chi connectivity index (χ4n) is 1.90. The van der Waals surface area contributed by atoms with Crippen molar-refractivity contribution in [2.45, 2.75) is 6.18 Å². The maximum absolute atomic E-state index is 13.0. The van der Waals surface area contributed by atoms with Gasteiger partial charge in [-0.2, -0.15) is 18.4 Å². The molecule has 0 N–H and O–H groups in total. The summed E-state index contributed by atoms with van der Waals surface area (Å²) in [5.41, 5.74) is -0.639. The van der Waals surface area contributed by atoms with Crippen LogP contribution in [0.15, 0.2) is 30.3 Å². The first-order valence-corrected chi connectivity index (χ1v) is 5.06. The van der Waals surface area contributed by atoms with E-state index >= 15 is 0 Å². The molecule has 0 unspecified atom stereocenters. The van der Waals surface area contributed by atoms with Crippen molar-refractivity contribution in [3.8, 4) is 11.8 Å². The highest BCUT2D eigenvalue weighted by Crippen LogP contribution is 2.41. The van der Waals surface area contributed by atoms with Crippen molar-refractivity contribution >= 4 is 10.8 Å². The summed E-state index contributed by atoms with van der Waals surface area (Å²) in [4.78, 5) is 0. The van der Waals surface area contributed by atoms with Crippen molar-refractivity contribution in [1.82, 2.24) is 0 Å². The van der Waals surface area contributed by atoms with Crippen molar-refractivity contribution in [1.29, 1.82) is 5.26 Å². The summed E-state index contributed by atoms with van der Waals surface area (Å²) in [5, 5.41) is 9.14. The van der Waals surface area contributed by atoms with E-state index < -0.39 is 11.7 Å². The van der Waals surface area contributed by atoms with Crippen LogP contribution >= 0.6 is 0 Å². The number of nitriles is 1. The second-order valence-corrected chi connectivity index (χ2v) is 3.65. The lowest BCUT2D eigenvalue weighted by Crippen LogP contribution is -2.08. The van der Waals surface area contributed by atoms with Crippen molar-refractivity contribution in [3.05, 3.63) is 41.5 Å². The molecule has 5 heteroatoms. The van der Waals surface area contributed by atoms with Gasteiger partial charge in [0.2, 0.25) is 0 Å². The number of benzene rings is 2. The maximum Gasteiger partial charge on any atom is 0.420 e. The van der Waals surface area contributed by atoms with Gasteiger partial charge in [-0.15, -0.1) is 0 Å². The van der Waals surface area contributed by atoms with Crippen LogP contribution in [0.3, 0.4) is 0 Å². The molecule has 2 rings (SSSR count). The number of hydrogen-bond acceptors (Lipinski definition) is 2. The molecular formula is C13H8F3NO. The molecule has 0 atom stereocenters. The Labute approximate surface area is 101 Å². The maximum atomic E-state index is 13.0. The zero-order valence-electron chi connectivity index (χ0n) is 9.38. The molecule has 0 amide bonds. The van der Waals surface area contributed by atoms with E-state index in [4.69, 9.17) is 10.00 Å². The summed E-state index contributed by atoms with van der Waals surface area (Å²) in [6.07, 6.45) is -4.53. The minimum absolute atomic E-state index is 0.0269. The molecule has 2 nitrogen and oxygen atoms in total. The average molecular weight is 251 g/mol. The van der Waals surface area contributed by atoms with Gasteiger partial charge in [0.15, 0.2) is 0 Å². The van der Waals surface area contributed by atoms with Gasteiger partial charge >= 0.3 is 6.18 Å². The number of ether oxygens (including phenoxy) is 1. The number of nitrogens with zero attached hydrogens (tertiary/aromatic N) is 1. The second kappa shape index (κ2) is 4.22. The Morgan fingerprint density at radius 3 is 2.39 bits per heavy atom. The first-order valence-electron chi connectivity index (χ1n) is 5.06. The Hall–Kier alpha value is -2.22. The van der Waals surface area contributed by atoms with Crippen LogP contribution in [0, 0.1) is 11.3 Å². The Morgan fingerprint density at radius 2 is 1.83 bits per heavy atom. The molecule has 0 aromatic heterocycles. The van der Waals surface area contributed by atoms with Crippen LogP contribution in [0.4, 0.5) is 13.2 Å². The van der Waals surface area contributed by atoms with Crippen molar-refractivity contribution < 1.29 is 17.9 Å². The lowest BCUT2D eigenvalue weighted by Gasteiger charge is -2.15. The van der Waals surface area contributed by atoms with E-state index in [-0.39, 0.29) is 22.1 Å². The quantitative estimate of drug-likeness (QED) is 0.773. The molecule has 0 fully saturated rings. The van der Waals surface area contributed by atoms with Gasteiger partial charge in [-0.05, 0) is 23.6 Å². The Morgan fingerprint density at radius 1 is 1.11 bits per heavy atom. The first kappa shape index (κ1) is 12.2. The third kappa shape index (κ3) is 1.86. The molecular weight excluding hydrogens is 243 g/mol. The predicted molar refractivity (Wildman–Crippen MR) is 60.2 cm³/mol. The Bertz CT molecular complexity index is 641. The molecule has 0 saturated heterocycles.